The summed E-state index contributed by atoms with van der Waals surface area (Å²) in [4.78, 5) is 22.5. The first kappa shape index (κ1) is 13.0. The molecule has 1 rings (SSSR count). The fourth-order valence-corrected chi connectivity index (χ4v) is 1.71. The minimum Gasteiger partial charge on any atom is -0.480 e. The lowest BCUT2D eigenvalue weighted by Crippen LogP contribution is -2.45. The number of nitrogens with one attached hydrogen (secondary N) is 1. The van der Waals surface area contributed by atoms with Crippen LogP contribution >= 0.6 is 0 Å². The molecule has 0 aromatic heterocycles. The van der Waals surface area contributed by atoms with Crippen molar-refractivity contribution in [3.63, 3.8) is 0 Å². The minimum absolute atomic E-state index is 0.0383. The quantitative estimate of drug-likeness (QED) is 0.553. The van der Waals surface area contributed by atoms with Crippen molar-refractivity contribution in [2.45, 2.75) is 44.6 Å². The first-order valence-corrected chi connectivity index (χ1v) is 5.88. The van der Waals surface area contributed by atoms with Gasteiger partial charge in [-0.3, -0.25) is 4.79 Å². The molecule has 1 saturated carbocycles. The number of hydrogen-bond acceptors (Lipinski definition) is 3. The molecule has 16 heavy (non-hydrogen) atoms. The van der Waals surface area contributed by atoms with Crippen LogP contribution in [0.25, 0.3) is 0 Å². The van der Waals surface area contributed by atoms with Crippen LogP contribution in [0.1, 0.15) is 38.5 Å². The van der Waals surface area contributed by atoms with Crippen LogP contribution in [0.5, 0.6) is 0 Å². The van der Waals surface area contributed by atoms with E-state index in [1.54, 1.807) is 0 Å². The van der Waals surface area contributed by atoms with Crippen LogP contribution in [0.3, 0.4) is 0 Å². The lowest BCUT2D eigenvalue weighted by atomic mass is 9.84. The van der Waals surface area contributed by atoms with Crippen LogP contribution < -0.4 is 11.1 Å². The number of unbranched alkanes of at least 4 members (excludes halogenated alkanes) is 1. The summed E-state index contributed by atoms with van der Waals surface area (Å²) < 4.78 is 0. The van der Waals surface area contributed by atoms with Gasteiger partial charge < -0.3 is 16.2 Å². The Hall–Kier alpha value is -1.10. The largest absolute Gasteiger partial charge is 0.480 e. The van der Waals surface area contributed by atoms with Crippen LogP contribution in [-0.2, 0) is 9.59 Å². The average Bonchev–Trinajstić information content (AvgIpc) is 2.13. The molecular formula is C11H20N2O3. The van der Waals surface area contributed by atoms with Crippen LogP contribution in [-0.4, -0.2) is 29.6 Å². The Morgan fingerprint density at radius 1 is 1.38 bits per heavy atom. The molecule has 1 atom stereocenters. The zero-order valence-electron chi connectivity index (χ0n) is 9.45. The van der Waals surface area contributed by atoms with Crippen molar-refractivity contribution in [2.75, 3.05) is 6.54 Å². The molecule has 1 aliphatic carbocycles. The maximum atomic E-state index is 11.6. The van der Waals surface area contributed by atoms with Crippen molar-refractivity contribution < 1.29 is 14.7 Å². The van der Waals surface area contributed by atoms with E-state index in [-0.39, 0.29) is 11.8 Å². The van der Waals surface area contributed by atoms with Gasteiger partial charge in [0.1, 0.15) is 6.04 Å². The number of carboxylic acids is 1. The van der Waals surface area contributed by atoms with Crippen LogP contribution in [0.4, 0.5) is 0 Å². The van der Waals surface area contributed by atoms with Gasteiger partial charge in [-0.2, -0.15) is 0 Å². The maximum Gasteiger partial charge on any atom is 0.326 e. The molecule has 0 aromatic rings. The summed E-state index contributed by atoms with van der Waals surface area (Å²) in [6.45, 7) is 0.558. The predicted octanol–water partition coefficient (Wildman–Crippen LogP) is 0.485. The van der Waals surface area contributed by atoms with Crippen molar-refractivity contribution in [1.82, 2.24) is 5.32 Å². The first-order chi connectivity index (χ1) is 7.65. The molecule has 1 amide bonds. The highest BCUT2D eigenvalue weighted by molar-refractivity contribution is 5.85. The average molecular weight is 228 g/mol. The Bertz CT molecular complexity index is 252. The number of carbonyl (C=O) groups is 2. The number of carboxylic acid groups (broad SMARTS) is 1. The third-order valence-electron chi connectivity index (χ3n) is 3.04. The van der Waals surface area contributed by atoms with Crippen molar-refractivity contribution in [2.24, 2.45) is 11.7 Å². The zero-order chi connectivity index (χ0) is 12.0. The summed E-state index contributed by atoms with van der Waals surface area (Å²) in [5.41, 5.74) is 5.34. The van der Waals surface area contributed by atoms with Crippen molar-refractivity contribution >= 4 is 11.9 Å². The third-order valence-corrected chi connectivity index (χ3v) is 3.04. The molecule has 1 aliphatic rings. The van der Waals surface area contributed by atoms with Gasteiger partial charge in [0.15, 0.2) is 0 Å². The Morgan fingerprint density at radius 2 is 2.06 bits per heavy atom. The number of amides is 1. The summed E-state index contributed by atoms with van der Waals surface area (Å²) in [6.07, 6.45) is 4.84. The highest BCUT2D eigenvalue weighted by Gasteiger charge is 2.28. The molecule has 92 valence electrons. The van der Waals surface area contributed by atoms with E-state index < -0.39 is 12.0 Å². The van der Waals surface area contributed by atoms with E-state index >= 15 is 0 Å². The van der Waals surface area contributed by atoms with Gasteiger partial charge >= 0.3 is 5.97 Å². The smallest absolute Gasteiger partial charge is 0.326 e. The van der Waals surface area contributed by atoms with Gasteiger partial charge in [-0.05, 0) is 38.6 Å². The van der Waals surface area contributed by atoms with E-state index in [4.69, 9.17) is 10.8 Å². The zero-order valence-corrected chi connectivity index (χ0v) is 9.45. The molecule has 5 nitrogen and oxygen atoms in total. The first-order valence-electron chi connectivity index (χ1n) is 5.88. The molecule has 0 bridgehead atoms. The second-order valence-corrected chi connectivity index (χ2v) is 4.31. The summed E-state index contributed by atoms with van der Waals surface area (Å²) in [5, 5.41) is 11.5. The van der Waals surface area contributed by atoms with E-state index in [0.29, 0.717) is 13.0 Å². The summed E-state index contributed by atoms with van der Waals surface area (Å²) >= 11 is 0. The number of carbonyl (C=O) groups excluding carboxylic acids is 1. The minimum atomic E-state index is -0.954. The van der Waals surface area contributed by atoms with Gasteiger partial charge in [-0.1, -0.05) is 6.42 Å². The molecule has 0 unspecified atom stereocenters. The topological polar surface area (TPSA) is 92.4 Å². The number of rotatable bonds is 7. The van der Waals surface area contributed by atoms with Crippen molar-refractivity contribution in [3.8, 4) is 0 Å². The second kappa shape index (κ2) is 6.48. The summed E-state index contributed by atoms with van der Waals surface area (Å²) in [7, 11) is 0. The highest BCUT2D eigenvalue weighted by Crippen LogP contribution is 2.26. The van der Waals surface area contributed by atoms with Gasteiger partial charge in [0.05, 0.1) is 0 Å². The molecule has 0 spiro atoms. The summed E-state index contributed by atoms with van der Waals surface area (Å²) in [6, 6.07) is -0.750. The van der Waals surface area contributed by atoms with Crippen LogP contribution in [0.15, 0.2) is 0 Å². The van der Waals surface area contributed by atoms with Gasteiger partial charge in [0.25, 0.3) is 0 Å². The number of hydrogen-bond donors (Lipinski definition) is 3. The van der Waals surface area contributed by atoms with Gasteiger partial charge in [-0.15, -0.1) is 0 Å². The molecule has 0 radical (unpaired) electrons. The number of aliphatic carboxylic acids is 1. The van der Waals surface area contributed by atoms with E-state index in [1.807, 2.05) is 0 Å². The molecular weight excluding hydrogens is 208 g/mol. The lowest BCUT2D eigenvalue weighted by molar-refractivity contribution is -0.143. The Balaban J connectivity index is 2.31. The molecule has 0 aromatic carbocycles. The highest BCUT2D eigenvalue weighted by atomic mass is 16.4. The molecule has 1 fully saturated rings. The lowest BCUT2D eigenvalue weighted by Gasteiger charge is -2.26. The summed E-state index contributed by atoms with van der Waals surface area (Å²) in [5.74, 6) is -1.02. The van der Waals surface area contributed by atoms with E-state index in [9.17, 15) is 9.59 Å². The number of nitrogens with two attached hydrogens (primary N) is 1. The molecule has 5 heteroatoms. The normalized spacial score (nSPS) is 17.6. The standard InChI is InChI=1S/C11H20N2O3/c12-7-2-1-6-9(11(15)16)13-10(14)8-4-3-5-8/h8-9H,1-7,12H2,(H,13,14)(H,15,16)/t9-/m0/s1. The molecule has 4 N–H and O–H groups in total. The van der Waals surface area contributed by atoms with Crippen molar-refractivity contribution in [1.29, 1.82) is 0 Å². The fraction of sp³-hybridized carbons (Fsp3) is 0.818. The van der Waals surface area contributed by atoms with E-state index in [2.05, 4.69) is 5.32 Å². The Kier molecular flexibility index (Phi) is 5.25. The second-order valence-electron chi connectivity index (χ2n) is 4.31. The van der Waals surface area contributed by atoms with Gasteiger partial charge in [0, 0.05) is 5.92 Å². The van der Waals surface area contributed by atoms with E-state index in [1.165, 1.54) is 0 Å². The Labute approximate surface area is 95.4 Å². The molecule has 0 aliphatic heterocycles. The van der Waals surface area contributed by atoms with Gasteiger partial charge in [-0.25, -0.2) is 4.79 Å². The third kappa shape index (κ3) is 3.81. The molecule has 0 heterocycles. The van der Waals surface area contributed by atoms with Crippen LogP contribution in [0.2, 0.25) is 0 Å². The maximum absolute atomic E-state index is 11.6. The van der Waals surface area contributed by atoms with E-state index in [0.717, 1.165) is 32.1 Å². The van der Waals surface area contributed by atoms with Gasteiger partial charge in [0.2, 0.25) is 5.91 Å². The monoisotopic (exact) mass is 228 g/mol. The van der Waals surface area contributed by atoms with Crippen LogP contribution in [0, 0.1) is 5.92 Å². The Morgan fingerprint density at radius 3 is 2.50 bits per heavy atom. The fourth-order valence-electron chi connectivity index (χ4n) is 1.71. The van der Waals surface area contributed by atoms with Crippen molar-refractivity contribution in [3.05, 3.63) is 0 Å². The SMILES string of the molecule is NCCCC[C@H](NC(=O)C1CCC1)C(=O)O. The molecule has 0 saturated heterocycles. The predicted molar refractivity (Wildman–Crippen MR) is 59.8 cm³/mol.